The number of hydrogen-bond acceptors (Lipinski definition) is 3. The molecule has 1 heterocycles. The zero-order chi connectivity index (χ0) is 23.9. The largest absolute Gasteiger partial charge is 0.473 e. The first kappa shape index (κ1) is 23.2. The predicted molar refractivity (Wildman–Crippen MR) is 146 cm³/mol. The van der Waals surface area contributed by atoms with Crippen LogP contribution in [-0.4, -0.2) is 26.7 Å². The minimum absolute atomic E-state index is 0.0487. The van der Waals surface area contributed by atoms with Gasteiger partial charge < -0.3 is 14.8 Å². The molecule has 3 aromatic carbocycles. The Labute approximate surface area is 206 Å². The molecule has 3 nitrogen and oxygen atoms in total. The molecule has 5 rings (SSSR count). The summed E-state index contributed by atoms with van der Waals surface area (Å²) in [4.78, 5) is 0. The maximum atomic E-state index is 6.50. The van der Waals surface area contributed by atoms with Crippen molar-refractivity contribution in [3.63, 3.8) is 0 Å². The van der Waals surface area contributed by atoms with E-state index < -0.39 is 0 Å². The van der Waals surface area contributed by atoms with E-state index in [1.807, 2.05) is 6.07 Å². The fourth-order valence-corrected chi connectivity index (χ4v) is 5.94. The lowest BCUT2D eigenvalue weighted by atomic mass is 9.65. The highest BCUT2D eigenvalue weighted by Gasteiger charge is 2.50. The van der Waals surface area contributed by atoms with Crippen molar-refractivity contribution >= 4 is 28.1 Å². The molecule has 3 aromatic rings. The molecule has 0 aromatic heterocycles. The number of rotatable bonds is 6. The molecule has 172 valence electrons. The Kier molecular flexibility index (Phi) is 6.31. The molecule has 5 heteroatoms. The number of anilines is 1. The third-order valence-corrected chi connectivity index (χ3v) is 8.07. The van der Waals surface area contributed by atoms with Crippen molar-refractivity contribution in [1.82, 2.24) is 0 Å². The summed E-state index contributed by atoms with van der Waals surface area (Å²) in [6.45, 7) is 9.12. The van der Waals surface area contributed by atoms with Crippen molar-refractivity contribution in [3.05, 3.63) is 84.3 Å². The topological polar surface area (TPSA) is 30.5 Å². The van der Waals surface area contributed by atoms with E-state index in [2.05, 4.69) is 89.6 Å². The average Bonchev–Trinajstić information content (AvgIpc) is 3.36. The Morgan fingerprint density at radius 2 is 1.74 bits per heavy atom. The first-order chi connectivity index (χ1) is 16.4. The summed E-state index contributed by atoms with van der Waals surface area (Å²) in [5.41, 5.74) is 8.23. The molecule has 4 atom stereocenters. The summed E-state index contributed by atoms with van der Waals surface area (Å²) >= 11 is 0. The van der Waals surface area contributed by atoms with Gasteiger partial charge in [0.1, 0.15) is 6.10 Å². The number of nitrogens with one attached hydrogen (secondary N) is 1. The molecule has 3 unspecified atom stereocenters. The lowest BCUT2D eigenvalue weighted by Crippen LogP contribution is -2.30. The highest BCUT2D eigenvalue weighted by atomic mass is 31.0. The Balaban J connectivity index is 1.33. The minimum Gasteiger partial charge on any atom is -0.473 e. The molecule has 34 heavy (non-hydrogen) atoms. The second-order valence-corrected chi connectivity index (χ2v) is 10.2. The highest BCUT2D eigenvalue weighted by Crippen LogP contribution is 2.52. The van der Waals surface area contributed by atoms with E-state index in [9.17, 15) is 0 Å². The van der Waals surface area contributed by atoms with Crippen LogP contribution in [0.3, 0.4) is 0 Å². The van der Waals surface area contributed by atoms with E-state index in [-0.39, 0.29) is 17.5 Å². The van der Waals surface area contributed by atoms with Crippen molar-refractivity contribution in [1.29, 1.82) is 0 Å². The summed E-state index contributed by atoms with van der Waals surface area (Å²) in [5.74, 6) is 0.539. The van der Waals surface area contributed by atoms with E-state index in [0.717, 1.165) is 30.5 Å². The number of benzene rings is 3. The first-order valence-corrected chi connectivity index (χ1v) is 12.5. The molecular formula is C29H31BNO2P. The molecule has 1 saturated carbocycles. The van der Waals surface area contributed by atoms with Crippen LogP contribution in [0.15, 0.2) is 73.1 Å². The summed E-state index contributed by atoms with van der Waals surface area (Å²) < 4.78 is 12.1. The van der Waals surface area contributed by atoms with E-state index in [4.69, 9.17) is 17.3 Å². The monoisotopic (exact) mass is 467 g/mol. The summed E-state index contributed by atoms with van der Waals surface area (Å²) in [7, 11) is 9.43. The SMILES string of the molecule is [B]C12CCOC1[C@H](OC(=C)Nc1cc(C)c(-c3ccc(-c4ccccc4)cc3)c(P)c1C)CC2. The Bertz CT molecular complexity index is 1210. The molecular weight excluding hydrogens is 436 g/mol. The van der Waals surface area contributed by atoms with Crippen LogP contribution < -0.4 is 10.6 Å². The summed E-state index contributed by atoms with van der Waals surface area (Å²) in [6, 6.07) is 21.4. The van der Waals surface area contributed by atoms with Crippen molar-refractivity contribution in [3.8, 4) is 22.3 Å². The van der Waals surface area contributed by atoms with E-state index in [0.29, 0.717) is 12.5 Å². The third kappa shape index (κ3) is 4.30. The number of hydrogen-bond donors (Lipinski definition) is 1. The highest BCUT2D eigenvalue weighted by molar-refractivity contribution is 7.28. The molecule has 2 fully saturated rings. The fraction of sp³-hybridized carbons (Fsp3) is 0.310. The maximum Gasteiger partial charge on any atom is 0.184 e. The molecule has 0 bridgehead atoms. The smallest absolute Gasteiger partial charge is 0.184 e. The van der Waals surface area contributed by atoms with Gasteiger partial charge in [0.2, 0.25) is 0 Å². The van der Waals surface area contributed by atoms with Gasteiger partial charge in [0.15, 0.2) is 5.88 Å². The van der Waals surface area contributed by atoms with Crippen LogP contribution in [0.5, 0.6) is 0 Å². The number of fused-ring (bicyclic) bond motifs is 1. The van der Waals surface area contributed by atoms with Crippen molar-refractivity contribution in [2.75, 3.05) is 11.9 Å². The number of aryl methyl sites for hydroxylation is 1. The summed E-state index contributed by atoms with van der Waals surface area (Å²) in [6.07, 6.45) is 2.63. The van der Waals surface area contributed by atoms with E-state index in [1.54, 1.807) is 0 Å². The average molecular weight is 467 g/mol. The quantitative estimate of drug-likeness (QED) is 0.262. The van der Waals surface area contributed by atoms with Gasteiger partial charge in [-0.1, -0.05) is 54.6 Å². The standard InChI is InChI=1S/C29H31BNO2P/c1-18-17-24(31-20(3)33-25-13-14-29(30)15-16-32-28(25)29)19(2)27(34)26(18)23-11-9-22(10-12-23)21-7-5-4-6-8-21/h4-12,17,25,28,31H,3,13-16,34H2,1-2H3/t25-,28?,29?/m1/s1. The van der Waals surface area contributed by atoms with Crippen LogP contribution in [0.2, 0.25) is 5.31 Å². The lowest BCUT2D eigenvalue weighted by molar-refractivity contribution is -0.00801. The second kappa shape index (κ2) is 9.25. The van der Waals surface area contributed by atoms with Gasteiger partial charge in [-0.25, -0.2) is 0 Å². The van der Waals surface area contributed by atoms with Gasteiger partial charge in [0, 0.05) is 12.3 Å². The lowest BCUT2D eigenvalue weighted by Gasteiger charge is -2.27. The Hall–Kier alpha value is -2.55. The molecule has 1 saturated heterocycles. The number of ether oxygens (including phenoxy) is 2. The van der Waals surface area contributed by atoms with Gasteiger partial charge in [-0.05, 0) is 89.8 Å². The first-order valence-electron chi connectivity index (χ1n) is 11.9. The van der Waals surface area contributed by atoms with Crippen LogP contribution in [0.25, 0.3) is 22.3 Å². The van der Waals surface area contributed by atoms with Crippen LogP contribution >= 0.6 is 9.24 Å². The van der Waals surface area contributed by atoms with Gasteiger partial charge in [-0.2, -0.15) is 0 Å². The van der Waals surface area contributed by atoms with Crippen LogP contribution in [0.1, 0.15) is 30.4 Å². The zero-order valence-electron chi connectivity index (χ0n) is 19.9. The molecule has 2 radical (unpaired) electrons. The van der Waals surface area contributed by atoms with Crippen LogP contribution in [0.4, 0.5) is 5.69 Å². The maximum absolute atomic E-state index is 6.50. The molecule has 2 aliphatic rings. The van der Waals surface area contributed by atoms with Crippen molar-refractivity contribution in [2.24, 2.45) is 0 Å². The van der Waals surface area contributed by atoms with Gasteiger partial charge in [-0.3, -0.25) is 0 Å². The van der Waals surface area contributed by atoms with Crippen molar-refractivity contribution in [2.45, 2.75) is 50.6 Å². The molecule has 1 aliphatic carbocycles. The summed E-state index contributed by atoms with van der Waals surface area (Å²) in [5, 5.41) is 4.32. The molecule has 0 amide bonds. The Morgan fingerprint density at radius 1 is 1.06 bits per heavy atom. The Morgan fingerprint density at radius 3 is 2.47 bits per heavy atom. The van der Waals surface area contributed by atoms with Gasteiger partial charge >= 0.3 is 0 Å². The van der Waals surface area contributed by atoms with Crippen LogP contribution in [-0.2, 0) is 9.47 Å². The predicted octanol–water partition coefficient (Wildman–Crippen LogP) is 6.32. The van der Waals surface area contributed by atoms with E-state index in [1.165, 1.54) is 33.1 Å². The van der Waals surface area contributed by atoms with Gasteiger partial charge in [-0.15, -0.1) is 9.24 Å². The third-order valence-electron chi connectivity index (χ3n) is 7.34. The molecule has 0 spiro atoms. The van der Waals surface area contributed by atoms with Crippen LogP contribution in [0, 0.1) is 13.8 Å². The normalized spacial score (nSPS) is 23.5. The zero-order valence-corrected chi connectivity index (χ0v) is 21.1. The van der Waals surface area contributed by atoms with Gasteiger partial charge in [0.25, 0.3) is 0 Å². The van der Waals surface area contributed by atoms with Crippen molar-refractivity contribution < 1.29 is 9.47 Å². The fourth-order valence-electron chi connectivity index (χ4n) is 5.39. The molecule has 1 N–H and O–H groups in total. The second-order valence-electron chi connectivity index (χ2n) is 9.62. The minimum atomic E-state index is -0.248. The molecule has 1 aliphatic heterocycles. The van der Waals surface area contributed by atoms with E-state index >= 15 is 0 Å². The van der Waals surface area contributed by atoms with Gasteiger partial charge in [0.05, 0.1) is 14.0 Å².